The van der Waals surface area contributed by atoms with Crippen molar-refractivity contribution < 1.29 is 14.7 Å². The fourth-order valence-corrected chi connectivity index (χ4v) is 2.88. The van der Waals surface area contributed by atoms with E-state index in [0.717, 1.165) is 4.57 Å². The molecule has 24 heavy (non-hydrogen) atoms. The Morgan fingerprint density at radius 1 is 1.21 bits per heavy atom. The Morgan fingerprint density at radius 2 is 1.92 bits per heavy atom. The number of aromatic nitrogens is 3. The van der Waals surface area contributed by atoms with Gasteiger partial charge in [0.2, 0.25) is 0 Å². The van der Waals surface area contributed by atoms with E-state index in [1.165, 1.54) is 35.7 Å². The maximum Gasteiger partial charge on any atom is 0.332 e. The van der Waals surface area contributed by atoms with Gasteiger partial charge in [-0.1, -0.05) is 0 Å². The lowest BCUT2D eigenvalue weighted by Crippen LogP contribution is -2.37. The van der Waals surface area contributed by atoms with Gasteiger partial charge in [0.25, 0.3) is 11.5 Å². The third kappa shape index (κ3) is 2.38. The summed E-state index contributed by atoms with van der Waals surface area (Å²) in [6, 6.07) is 2.88. The quantitative estimate of drug-likeness (QED) is 0.768. The average molecular weight is 332 g/mol. The number of amides is 1. The highest BCUT2D eigenvalue weighted by molar-refractivity contribution is 5.94. The van der Waals surface area contributed by atoms with Crippen LogP contribution in [0.1, 0.15) is 16.9 Å². The molecule has 1 saturated heterocycles. The van der Waals surface area contributed by atoms with Crippen molar-refractivity contribution in [3.05, 3.63) is 38.7 Å². The Kier molecular flexibility index (Phi) is 3.70. The Morgan fingerprint density at radius 3 is 2.54 bits per heavy atom. The van der Waals surface area contributed by atoms with E-state index in [-0.39, 0.29) is 23.3 Å². The van der Waals surface area contributed by atoms with E-state index in [2.05, 4.69) is 4.98 Å². The fourth-order valence-electron chi connectivity index (χ4n) is 2.88. The summed E-state index contributed by atoms with van der Waals surface area (Å²) in [6.45, 7) is 0.467. The molecule has 1 aliphatic rings. The van der Waals surface area contributed by atoms with E-state index in [0.29, 0.717) is 13.0 Å². The van der Waals surface area contributed by atoms with Crippen molar-refractivity contribution in [1.82, 2.24) is 19.0 Å². The Balaban J connectivity index is 2.03. The van der Waals surface area contributed by atoms with Crippen LogP contribution in [0.2, 0.25) is 0 Å². The number of carbonyl (C=O) groups is 2. The van der Waals surface area contributed by atoms with Crippen LogP contribution in [-0.4, -0.2) is 49.1 Å². The summed E-state index contributed by atoms with van der Waals surface area (Å²) in [7, 11) is 2.85. The van der Waals surface area contributed by atoms with Crippen LogP contribution in [-0.2, 0) is 18.9 Å². The number of nitrogens with zero attached hydrogens (tertiary/aromatic N) is 4. The maximum atomic E-state index is 12.5. The van der Waals surface area contributed by atoms with Gasteiger partial charge in [0.15, 0.2) is 0 Å². The normalized spacial score (nSPS) is 17.4. The number of aryl methyl sites for hydroxylation is 1. The molecule has 0 aromatic carbocycles. The van der Waals surface area contributed by atoms with Gasteiger partial charge in [-0.25, -0.2) is 9.78 Å². The van der Waals surface area contributed by atoms with Gasteiger partial charge in [-0.15, -0.1) is 0 Å². The minimum absolute atomic E-state index is 0.0804. The van der Waals surface area contributed by atoms with Gasteiger partial charge in [0, 0.05) is 27.2 Å². The highest BCUT2D eigenvalue weighted by Gasteiger charge is 2.32. The lowest BCUT2D eigenvalue weighted by atomic mass is 10.1. The number of likely N-dealkylation sites (tertiary alicyclic amines) is 1. The molecule has 0 radical (unpaired) electrons. The molecule has 126 valence electrons. The van der Waals surface area contributed by atoms with Crippen molar-refractivity contribution in [2.45, 2.75) is 6.42 Å². The molecule has 3 rings (SSSR count). The summed E-state index contributed by atoms with van der Waals surface area (Å²) in [5.41, 5.74) is -0.803. The molecular weight excluding hydrogens is 316 g/mol. The van der Waals surface area contributed by atoms with Crippen LogP contribution in [0.15, 0.2) is 21.7 Å². The molecule has 2 aromatic heterocycles. The number of pyridine rings is 1. The summed E-state index contributed by atoms with van der Waals surface area (Å²) in [4.78, 5) is 53.2. The van der Waals surface area contributed by atoms with E-state index in [1.54, 1.807) is 0 Å². The van der Waals surface area contributed by atoms with Gasteiger partial charge in [0.1, 0.15) is 11.3 Å². The molecule has 1 atom stereocenters. The van der Waals surface area contributed by atoms with E-state index in [4.69, 9.17) is 5.11 Å². The number of hydrogen-bond donors (Lipinski definition) is 1. The lowest BCUT2D eigenvalue weighted by molar-refractivity contribution is -0.141. The summed E-state index contributed by atoms with van der Waals surface area (Å²) in [5, 5.41) is 9.26. The van der Waals surface area contributed by atoms with Crippen LogP contribution < -0.4 is 11.2 Å². The first kappa shape index (κ1) is 15.9. The SMILES string of the molecule is Cn1c(=O)c2ccc(C(=O)N3CCC(C(=O)O)C3)nc2n(C)c1=O. The number of carboxylic acids is 1. The van der Waals surface area contributed by atoms with Crippen molar-refractivity contribution in [3.8, 4) is 0 Å². The fraction of sp³-hybridized carbons (Fsp3) is 0.400. The van der Waals surface area contributed by atoms with E-state index in [9.17, 15) is 19.2 Å². The molecule has 1 amide bonds. The van der Waals surface area contributed by atoms with Crippen LogP contribution >= 0.6 is 0 Å². The van der Waals surface area contributed by atoms with Gasteiger partial charge in [-0.3, -0.25) is 23.5 Å². The number of carbonyl (C=O) groups excluding carboxylic acids is 1. The zero-order chi connectivity index (χ0) is 17.6. The van der Waals surface area contributed by atoms with Gasteiger partial charge < -0.3 is 10.0 Å². The van der Waals surface area contributed by atoms with E-state index < -0.39 is 29.0 Å². The molecule has 0 bridgehead atoms. The highest BCUT2D eigenvalue weighted by Crippen LogP contribution is 2.19. The predicted octanol–water partition coefficient (Wildman–Crippen LogP) is -0.821. The zero-order valence-electron chi connectivity index (χ0n) is 13.2. The average Bonchev–Trinajstić information content (AvgIpc) is 3.07. The molecule has 9 heteroatoms. The molecule has 1 unspecified atom stereocenters. The second-order valence-electron chi connectivity index (χ2n) is 5.85. The standard InChI is InChI=1S/C15H16N4O5/c1-17-11-9(12(20)18(2)15(17)24)3-4-10(16-11)13(21)19-6-5-8(7-19)14(22)23/h3-4,8H,5-7H2,1-2H3,(H,22,23). The molecule has 3 heterocycles. The van der Waals surface area contributed by atoms with Gasteiger partial charge >= 0.3 is 11.7 Å². The van der Waals surface area contributed by atoms with Crippen molar-refractivity contribution in [1.29, 1.82) is 0 Å². The topological polar surface area (TPSA) is 114 Å². The van der Waals surface area contributed by atoms with Crippen LogP contribution in [0.25, 0.3) is 11.0 Å². The molecular formula is C15H16N4O5. The Hall–Kier alpha value is -2.97. The molecule has 1 aliphatic heterocycles. The van der Waals surface area contributed by atoms with Crippen molar-refractivity contribution in [2.24, 2.45) is 20.0 Å². The number of rotatable bonds is 2. The summed E-state index contributed by atoms with van der Waals surface area (Å²) >= 11 is 0. The first-order chi connectivity index (χ1) is 11.3. The third-order valence-corrected chi connectivity index (χ3v) is 4.35. The van der Waals surface area contributed by atoms with Crippen molar-refractivity contribution >= 4 is 22.9 Å². The first-order valence-electron chi connectivity index (χ1n) is 7.40. The Labute approximate surface area is 135 Å². The summed E-state index contributed by atoms with van der Waals surface area (Å²) < 4.78 is 2.18. The summed E-state index contributed by atoms with van der Waals surface area (Å²) in [5.74, 6) is -1.91. The predicted molar refractivity (Wildman–Crippen MR) is 83.9 cm³/mol. The van der Waals surface area contributed by atoms with Gasteiger partial charge in [-0.2, -0.15) is 0 Å². The zero-order valence-corrected chi connectivity index (χ0v) is 13.2. The molecule has 1 N–H and O–H groups in total. The van der Waals surface area contributed by atoms with Crippen molar-refractivity contribution in [3.63, 3.8) is 0 Å². The monoisotopic (exact) mass is 332 g/mol. The molecule has 2 aromatic rings. The second kappa shape index (κ2) is 5.59. The molecule has 0 aliphatic carbocycles. The number of fused-ring (bicyclic) bond motifs is 1. The smallest absolute Gasteiger partial charge is 0.332 e. The molecule has 1 fully saturated rings. The molecule has 0 spiro atoms. The number of aliphatic carboxylic acids is 1. The maximum absolute atomic E-state index is 12.5. The van der Waals surface area contributed by atoms with Crippen LogP contribution in [0.3, 0.4) is 0 Å². The molecule has 9 nitrogen and oxygen atoms in total. The molecule has 0 saturated carbocycles. The minimum atomic E-state index is -0.928. The van der Waals surface area contributed by atoms with Gasteiger partial charge in [0.05, 0.1) is 11.3 Å². The highest BCUT2D eigenvalue weighted by atomic mass is 16.4. The first-order valence-corrected chi connectivity index (χ1v) is 7.40. The lowest BCUT2D eigenvalue weighted by Gasteiger charge is -2.15. The van der Waals surface area contributed by atoms with E-state index >= 15 is 0 Å². The van der Waals surface area contributed by atoms with Crippen molar-refractivity contribution in [2.75, 3.05) is 13.1 Å². The van der Waals surface area contributed by atoms with Crippen LogP contribution in [0, 0.1) is 5.92 Å². The van der Waals surface area contributed by atoms with Crippen LogP contribution in [0.5, 0.6) is 0 Å². The number of carboxylic acid groups (broad SMARTS) is 1. The Bertz CT molecular complexity index is 974. The largest absolute Gasteiger partial charge is 0.481 e. The third-order valence-electron chi connectivity index (χ3n) is 4.35. The summed E-state index contributed by atoms with van der Waals surface area (Å²) in [6.07, 6.45) is 0.397. The minimum Gasteiger partial charge on any atom is -0.481 e. The van der Waals surface area contributed by atoms with Gasteiger partial charge in [-0.05, 0) is 18.6 Å². The number of hydrogen-bond acceptors (Lipinski definition) is 5. The van der Waals surface area contributed by atoms with E-state index in [1.807, 2.05) is 0 Å². The second-order valence-corrected chi connectivity index (χ2v) is 5.85. The van der Waals surface area contributed by atoms with Crippen LogP contribution in [0.4, 0.5) is 0 Å².